The van der Waals surface area contributed by atoms with E-state index in [-0.39, 0.29) is 23.9 Å². The predicted octanol–water partition coefficient (Wildman–Crippen LogP) is 1.63. The Hall–Kier alpha value is -1.72. The van der Waals surface area contributed by atoms with Crippen LogP contribution in [0.5, 0.6) is 0 Å². The summed E-state index contributed by atoms with van der Waals surface area (Å²) in [5.41, 5.74) is 0.770. The second-order valence-electron chi connectivity index (χ2n) is 4.06. The quantitative estimate of drug-likeness (QED) is 0.576. The molecule has 0 aliphatic carbocycles. The molecule has 0 aliphatic rings. The molecule has 0 amide bonds. The predicted molar refractivity (Wildman–Crippen MR) is 58.2 cm³/mol. The number of rotatable bonds is 4. The molecule has 0 N–H and O–H groups in total. The molecule has 0 saturated carbocycles. The fourth-order valence-electron chi connectivity index (χ4n) is 1.44. The highest BCUT2D eigenvalue weighted by Gasteiger charge is 2.23. The van der Waals surface area contributed by atoms with Gasteiger partial charge in [0, 0.05) is 5.92 Å². The molecule has 6 nitrogen and oxygen atoms in total. The maximum Gasteiger partial charge on any atom is 0.312 e. The van der Waals surface area contributed by atoms with Gasteiger partial charge in [0.2, 0.25) is 0 Å². The van der Waals surface area contributed by atoms with Crippen LogP contribution in [0.25, 0.3) is 0 Å². The van der Waals surface area contributed by atoms with Crippen molar-refractivity contribution in [1.29, 1.82) is 0 Å². The molecule has 0 aliphatic heterocycles. The molecule has 1 aromatic heterocycles. The van der Waals surface area contributed by atoms with E-state index in [1.807, 2.05) is 0 Å². The van der Waals surface area contributed by atoms with Gasteiger partial charge in [0.15, 0.2) is 5.78 Å². The Morgan fingerprint density at radius 3 is 2.44 bits per heavy atom. The van der Waals surface area contributed by atoms with E-state index in [9.17, 15) is 14.9 Å². The highest BCUT2D eigenvalue weighted by molar-refractivity contribution is 5.80. The van der Waals surface area contributed by atoms with Crippen LogP contribution in [0.2, 0.25) is 0 Å². The van der Waals surface area contributed by atoms with Crippen LogP contribution >= 0.6 is 0 Å². The Labute approximate surface area is 93.4 Å². The van der Waals surface area contributed by atoms with E-state index >= 15 is 0 Å². The molecule has 1 heterocycles. The van der Waals surface area contributed by atoms with Crippen molar-refractivity contribution in [1.82, 2.24) is 9.78 Å². The van der Waals surface area contributed by atoms with Crippen molar-refractivity contribution < 1.29 is 9.72 Å². The van der Waals surface area contributed by atoms with Crippen LogP contribution in [0.4, 0.5) is 5.69 Å². The largest absolute Gasteiger partial charge is 0.312 e. The molecule has 0 unspecified atom stereocenters. The first-order valence-electron chi connectivity index (χ1n) is 5.05. The molecule has 0 spiro atoms. The lowest BCUT2D eigenvalue weighted by Gasteiger charge is -2.05. The van der Waals surface area contributed by atoms with Gasteiger partial charge in [0.05, 0.1) is 4.92 Å². The van der Waals surface area contributed by atoms with Crippen molar-refractivity contribution in [2.24, 2.45) is 5.92 Å². The van der Waals surface area contributed by atoms with E-state index in [0.29, 0.717) is 11.4 Å². The van der Waals surface area contributed by atoms with Gasteiger partial charge in [-0.15, -0.1) is 0 Å². The van der Waals surface area contributed by atoms with Crippen molar-refractivity contribution in [2.45, 2.75) is 34.2 Å². The molecule has 0 saturated heterocycles. The molecule has 1 aromatic rings. The topological polar surface area (TPSA) is 78.0 Å². The minimum atomic E-state index is -0.464. The first kappa shape index (κ1) is 12.4. The lowest BCUT2D eigenvalue weighted by atomic mass is 10.1. The van der Waals surface area contributed by atoms with Gasteiger partial charge in [-0.3, -0.25) is 19.6 Å². The number of nitro groups is 1. The van der Waals surface area contributed by atoms with E-state index < -0.39 is 4.92 Å². The van der Waals surface area contributed by atoms with Gasteiger partial charge < -0.3 is 0 Å². The fraction of sp³-hybridized carbons (Fsp3) is 0.600. The molecule has 0 atom stereocenters. The van der Waals surface area contributed by atoms with Crippen molar-refractivity contribution in [3.8, 4) is 0 Å². The molecule has 0 fully saturated rings. The third-order valence-electron chi connectivity index (χ3n) is 2.48. The third kappa shape index (κ3) is 2.26. The van der Waals surface area contributed by atoms with E-state index in [2.05, 4.69) is 5.10 Å². The van der Waals surface area contributed by atoms with Crippen LogP contribution in [0.3, 0.4) is 0 Å². The summed E-state index contributed by atoms with van der Waals surface area (Å²) in [4.78, 5) is 21.8. The zero-order valence-electron chi connectivity index (χ0n) is 9.85. The molecule has 1 rings (SSSR count). The average molecular weight is 225 g/mol. The first-order chi connectivity index (χ1) is 7.34. The molecule has 0 bridgehead atoms. The molecule has 6 heteroatoms. The van der Waals surface area contributed by atoms with Gasteiger partial charge in [0.1, 0.15) is 17.9 Å². The molecule has 0 aromatic carbocycles. The highest BCUT2D eigenvalue weighted by atomic mass is 16.6. The summed E-state index contributed by atoms with van der Waals surface area (Å²) in [6, 6.07) is 0. The maximum absolute atomic E-state index is 11.5. The number of carbonyl (C=O) groups is 1. The maximum atomic E-state index is 11.5. The second kappa shape index (κ2) is 4.42. The van der Waals surface area contributed by atoms with E-state index in [1.165, 1.54) is 4.68 Å². The van der Waals surface area contributed by atoms with Crippen molar-refractivity contribution >= 4 is 11.5 Å². The summed E-state index contributed by atoms with van der Waals surface area (Å²) in [7, 11) is 0. The van der Waals surface area contributed by atoms with Crippen molar-refractivity contribution in [3.05, 3.63) is 21.5 Å². The summed E-state index contributed by atoms with van der Waals surface area (Å²) in [6.45, 7) is 6.86. The monoisotopic (exact) mass is 225 g/mol. The third-order valence-corrected chi connectivity index (χ3v) is 2.48. The summed E-state index contributed by atoms with van der Waals surface area (Å²) in [5, 5.41) is 14.8. The van der Waals surface area contributed by atoms with Crippen LogP contribution < -0.4 is 0 Å². The zero-order valence-corrected chi connectivity index (χ0v) is 9.85. The SMILES string of the molecule is Cc1nn(CC(=O)C(C)C)c(C)c1[N+](=O)[O-]. The average Bonchev–Trinajstić information content (AvgIpc) is 2.41. The standard InChI is InChI=1S/C10H15N3O3/c1-6(2)9(14)5-12-8(4)10(13(15)16)7(3)11-12/h6H,5H2,1-4H3. The zero-order chi connectivity index (χ0) is 12.5. The van der Waals surface area contributed by atoms with Crippen LogP contribution in [0.1, 0.15) is 25.2 Å². The number of Topliss-reactive ketones (excluding diaryl/α,β-unsaturated/α-hetero) is 1. The Kier molecular flexibility index (Phi) is 3.41. The van der Waals surface area contributed by atoms with Crippen LogP contribution in [-0.2, 0) is 11.3 Å². The van der Waals surface area contributed by atoms with Gasteiger partial charge in [0.25, 0.3) is 0 Å². The fourth-order valence-corrected chi connectivity index (χ4v) is 1.44. The van der Waals surface area contributed by atoms with Crippen LogP contribution in [0, 0.1) is 29.9 Å². The smallest absolute Gasteiger partial charge is 0.297 e. The molecular weight excluding hydrogens is 210 g/mol. The Morgan fingerprint density at radius 2 is 2.06 bits per heavy atom. The first-order valence-corrected chi connectivity index (χ1v) is 5.05. The summed E-state index contributed by atoms with van der Waals surface area (Å²) < 4.78 is 1.40. The number of hydrogen-bond acceptors (Lipinski definition) is 4. The number of carbonyl (C=O) groups excluding carboxylic acids is 1. The van der Waals surface area contributed by atoms with Crippen molar-refractivity contribution in [2.75, 3.05) is 0 Å². The second-order valence-corrected chi connectivity index (χ2v) is 4.06. The lowest BCUT2D eigenvalue weighted by molar-refractivity contribution is -0.386. The number of aromatic nitrogens is 2. The normalized spacial score (nSPS) is 10.8. The Balaban J connectivity index is 3.04. The highest BCUT2D eigenvalue weighted by Crippen LogP contribution is 2.21. The van der Waals surface area contributed by atoms with Crippen LogP contribution in [-0.4, -0.2) is 20.5 Å². The molecule has 88 valence electrons. The van der Waals surface area contributed by atoms with Gasteiger partial charge in [-0.1, -0.05) is 13.8 Å². The molecule has 16 heavy (non-hydrogen) atoms. The Morgan fingerprint density at radius 1 is 1.50 bits per heavy atom. The van der Waals surface area contributed by atoms with E-state index in [4.69, 9.17) is 0 Å². The summed E-state index contributed by atoms with van der Waals surface area (Å²) in [5.74, 6) is -0.0801. The lowest BCUT2D eigenvalue weighted by Crippen LogP contribution is -2.17. The van der Waals surface area contributed by atoms with E-state index in [1.54, 1.807) is 27.7 Å². The summed E-state index contributed by atoms with van der Waals surface area (Å²) in [6.07, 6.45) is 0. The van der Waals surface area contributed by atoms with E-state index in [0.717, 1.165) is 0 Å². The minimum absolute atomic E-state index is 0.00319. The molecule has 0 radical (unpaired) electrons. The number of aryl methyl sites for hydroxylation is 1. The Bertz CT molecular complexity index is 435. The van der Waals surface area contributed by atoms with Gasteiger partial charge in [-0.2, -0.15) is 5.10 Å². The minimum Gasteiger partial charge on any atom is -0.297 e. The number of hydrogen-bond donors (Lipinski definition) is 0. The number of ketones is 1. The molecular formula is C10H15N3O3. The van der Waals surface area contributed by atoms with Crippen molar-refractivity contribution in [3.63, 3.8) is 0 Å². The number of nitrogens with zero attached hydrogens (tertiary/aromatic N) is 3. The van der Waals surface area contributed by atoms with Gasteiger partial charge in [-0.05, 0) is 13.8 Å². The van der Waals surface area contributed by atoms with Gasteiger partial charge in [-0.25, -0.2) is 0 Å². The van der Waals surface area contributed by atoms with Crippen LogP contribution in [0.15, 0.2) is 0 Å². The van der Waals surface area contributed by atoms with Gasteiger partial charge >= 0.3 is 5.69 Å². The summed E-state index contributed by atoms with van der Waals surface area (Å²) >= 11 is 0.